The SMILES string of the molecule is CNC(c1cc(Br)ccc1F)c1cc(Cl)ccc1Br. The number of hydrogen-bond donors (Lipinski definition) is 1. The van der Waals surface area contributed by atoms with Gasteiger partial charge >= 0.3 is 0 Å². The highest BCUT2D eigenvalue weighted by Crippen LogP contribution is 2.33. The molecular formula is C14H11Br2ClFN. The number of rotatable bonds is 3. The molecule has 0 fully saturated rings. The van der Waals surface area contributed by atoms with E-state index in [1.165, 1.54) is 6.07 Å². The maximum absolute atomic E-state index is 14.0. The van der Waals surface area contributed by atoms with Crippen LogP contribution in [0.25, 0.3) is 0 Å². The third-order valence-electron chi connectivity index (χ3n) is 2.83. The molecule has 2 rings (SSSR count). The summed E-state index contributed by atoms with van der Waals surface area (Å²) in [6.45, 7) is 0. The lowest BCUT2D eigenvalue weighted by atomic mass is 9.98. The largest absolute Gasteiger partial charge is 0.309 e. The zero-order chi connectivity index (χ0) is 14.0. The molecule has 1 atom stereocenters. The molecule has 1 unspecified atom stereocenters. The molecule has 19 heavy (non-hydrogen) atoms. The first-order valence-electron chi connectivity index (χ1n) is 5.60. The predicted molar refractivity (Wildman–Crippen MR) is 84.2 cm³/mol. The topological polar surface area (TPSA) is 12.0 Å². The fourth-order valence-corrected chi connectivity index (χ4v) is 2.99. The Hall–Kier alpha value is -0.420. The van der Waals surface area contributed by atoms with Crippen molar-refractivity contribution in [2.75, 3.05) is 7.05 Å². The quantitative estimate of drug-likeness (QED) is 0.727. The molecule has 0 aliphatic carbocycles. The summed E-state index contributed by atoms with van der Waals surface area (Å²) in [4.78, 5) is 0. The van der Waals surface area contributed by atoms with Crippen molar-refractivity contribution in [3.05, 3.63) is 67.3 Å². The fraction of sp³-hybridized carbons (Fsp3) is 0.143. The molecule has 100 valence electrons. The first-order valence-corrected chi connectivity index (χ1v) is 7.56. The van der Waals surface area contributed by atoms with Crippen molar-refractivity contribution in [3.8, 4) is 0 Å². The maximum Gasteiger partial charge on any atom is 0.128 e. The Morgan fingerprint density at radius 3 is 2.53 bits per heavy atom. The molecule has 0 radical (unpaired) electrons. The normalized spacial score (nSPS) is 12.5. The molecule has 5 heteroatoms. The van der Waals surface area contributed by atoms with Crippen LogP contribution >= 0.6 is 43.5 Å². The van der Waals surface area contributed by atoms with Crippen LogP contribution < -0.4 is 5.32 Å². The van der Waals surface area contributed by atoms with E-state index in [2.05, 4.69) is 37.2 Å². The smallest absolute Gasteiger partial charge is 0.128 e. The molecule has 0 aliphatic heterocycles. The van der Waals surface area contributed by atoms with Crippen LogP contribution in [0, 0.1) is 5.82 Å². The number of benzene rings is 2. The van der Waals surface area contributed by atoms with Crippen molar-refractivity contribution in [1.82, 2.24) is 5.32 Å². The summed E-state index contributed by atoms with van der Waals surface area (Å²) < 4.78 is 15.7. The van der Waals surface area contributed by atoms with Gasteiger partial charge in [0, 0.05) is 19.5 Å². The lowest BCUT2D eigenvalue weighted by Gasteiger charge is -2.20. The second-order valence-corrected chi connectivity index (χ2v) is 6.26. The molecule has 1 N–H and O–H groups in total. The van der Waals surface area contributed by atoms with E-state index in [-0.39, 0.29) is 11.9 Å². The van der Waals surface area contributed by atoms with Gasteiger partial charge in [-0.1, -0.05) is 43.5 Å². The summed E-state index contributed by atoms with van der Waals surface area (Å²) in [6, 6.07) is 10.1. The van der Waals surface area contributed by atoms with E-state index in [0.717, 1.165) is 14.5 Å². The predicted octanol–water partition coefficient (Wildman–Crippen LogP) is 5.31. The van der Waals surface area contributed by atoms with Gasteiger partial charge in [0.25, 0.3) is 0 Å². The van der Waals surface area contributed by atoms with Crippen molar-refractivity contribution in [2.45, 2.75) is 6.04 Å². The van der Waals surface area contributed by atoms with Gasteiger partial charge < -0.3 is 5.32 Å². The van der Waals surface area contributed by atoms with Gasteiger partial charge in [-0.05, 0) is 49.0 Å². The van der Waals surface area contributed by atoms with E-state index in [1.54, 1.807) is 25.2 Å². The first-order chi connectivity index (χ1) is 9.02. The Morgan fingerprint density at radius 1 is 1.11 bits per heavy atom. The maximum atomic E-state index is 14.0. The van der Waals surface area contributed by atoms with Crippen LogP contribution in [0.2, 0.25) is 5.02 Å². The molecule has 2 aromatic carbocycles. The minimum atomic E-state index is -0.273. The first kappa shape index (κ1) is 15.0. The van der Waals surface area contributed by atoms with Gasteiger partial charge in [-0.3, -0.25) is 0 Å². The van der Waals surface area contributed by atoms with Crippen molar-refractivity contribution < 1.29 is 4.39 Å². The van der Waals surface area contributed by atoms with Gasteiger partial charge in [0.05, 0.1) is 6.04 Å². The molecule has 0 saturated heterocycles. The summed E-state index contributed by atoms with van der Waals surface area (Å²) in [7, 11) is 1.79. The Bertz CT molecular complexity index is 552. The Labute approximate surface area is 133 Å². The number of nitrogens with one attached hydrogen (secondary N) is 1. The minimum Gasteiger partial charge on any atom is -0.309 e. The Morgan fingerprint density at radius 2 is 1.84 bits per heavy atom. The van der Waals surface area contributed by atoms with E-state index < -0.39 is 0 Å². The second kappa shape index (κ2) is 6.35. The molecule has 0 amide bonds. The lowest BCUT2D eigenvalue weighted by Crippen LogP contribution is -2.19. The van der Waals surface area contributed by atoms with Crippen LogP contribution in [0.15, 0.2) is 45.3 Å². The average Bonchev–Trinajstić information content (AvgIpc) is 2.38. The van der Waals surface area contributed by atoms with Crippen LogP contribution in [0.1, 0.15) is 17.2 Å². The molecule has 0 aliphatic rings. The van der Waals surface area contributed by atoms with Gasteiger partial charge in [-0.25, -0.2) is 4.39 Å². The zero-order valence-corrected chi connectivity index (χ0v) is 14.0. The average molecular weight is 408 g/mol. The van der Waals surface area contributed by atoms with Crippen molar-refractivity contribution in [2.24, 2.45) is 0 Å². The summed E-state index contributed by atoms with van der Waals surface area (Å²) in [5.41, 5.74) is 1.46. The van der Waals surface area contributed by atoms with Crippen LogP contribution in [-0.2, 0) is 0 Å². The lowest BCUT2D eigenvalue weighted by molar-refractivity contribution is 0.575. The highest BCUT2D eigenvalue weighted by molar-refractivity contribution is 9.10. The van der Waals surface area contributed by atoms with Gasteiger partial charge in [0.1, 0.15) is 5.82 Å². The third-order valence-corrected chi connectivity index (χ3v) is 4.28. The second-order valence-electron chi connectivity index (χ2n) is 4.05. The summed E-state index contributed by atoms with van der Waals surface area (Å²) >= 11 is 12.9. The van der Waals surface area contributed by atoms with Gasteiger partial charge in [-0.15, -0.1) is 0 Å². The van der Waals surface area contributed by atoms with E-state index in [1.807, 2.05) is 12.1 Å². The molecule has 1 nitrogen and oxygen atoms in total. The highest BCUT2D eigenvalue weighted by atomic mass is 79.9. The molecule has 0 saturated carbocycles. The molecule has 0 spiro atoms. The summed E-state index contributed by atoms with van der Waals surface area (Å²) in [5, 5.41) is 3.74. The fourth-order valence-electron chi connectivity index (χ4n) is 1.95. The Kier molecular flexibility index (Phi) is 5.01. The molecular weight excluding hydrogens is 396 g/mol. The number of hydrogen-bond acceptors (Lipinski definition) is 1. The summed E-state index contributed by atoms with van der Waals surface area (Å²) in [6.07, 6.45) is 0. The van der Waals surface area contributed by atoms with Crippen molar-refractivity contribution in [1.29, 1.82) is 0 Å². The van der Waals surface area contributed by atoms with Crippen LogP contribution in [-0.4, -0.2) is 7.05 Å². The molecule has 0 aromatic heterocycles. The third kappa shape index (κ3) is 3.37. The molecule has 0 bridgehead atoms. The Balaban J connectivity index is 2.55. The molecule has 2 aromatic rings. The van der Waals surface area contributed by atoms with E-state index in [4.69, 9.17) is 11.6 Å². The van der Waals surface area contributed by atoms with Gasteiger partial charge in [-0.2, -0.15) is 0 Å². The van der Waals surface area contributed by atoms with E-state index in [0.29, 0.717) is 10.6 Å². The monoisotopic (exact) mass is 405 g/mol. The minimum absolute atomic E-state index is 0.255. The standard InChI is InChI=1S/C14H11Br2ClFN/c1-19-14(10-7-9(17)3-4-12(10)16)11-6-8(15)2-5-13(11)18/h2-7,14,19H,1H3. The van der Waals surface area contributed by atoms with Crippen molar-refractivity contribution >= 4 is 43.5 Å². The zero-order valence-electron chi connectivity index (χ0n) is 10.1. The van der Waals surface area contributed by atoms with Crippen LogP contribution in [0.5, 0.6) is 0 Å². The number of halogens is 4. The van der Waals surface area contributed by atoms with Gasteiger partial charge in [0.15, 0.2) is 0 Å². The highest BCUT2D eigenvalue weighted by Gasteiger charge is 2.19. The summed E-state index contributed by atoms with van der Waals surface area (Å²) in [5.74, 6) is -0.255. The van der Waals surface area contributed by atoms with Crippen molar-refractivity contribution in [3.63, 3.8) is 0 Å². The molecule has 0 heterocycles. The van der Waals surface area contributed by atoms with Gasteiger partial charge in [0.2, 0.25) is 0 Å². The van der Waals surface area contributed by atoms with Crippen LogP contribution in [0.3, 0.4) is 0 Å². The van der Waals surface area contributed by atoms with E-state index in [9.17, 15) is 4.39 Å². The van der Waals surface area contributed by atoms with E-state index >= 15 is 0 Å². The van der Waals surface area contributed by atoms with Crippen LogP contribution in [0.4, 0.5) is 4.39 Å².